The molecule has 0 aromatic carbocycles. The number of carbonyl (C=O) groups excluding carboxylic acids is 1. The molecule has 0 radical (unpaired) electrons. The van der Waals surface area contributed by atoms with E-state index in [4.69, 9.17) is 0 Å². The molecule has 1 fully saturated rings. The third-order valence-electron chi connectivity index (χ3n) is 2.53. The van der Waals surface area contributed by atoms with Gasteiger partial charge >= 0.3 is 0 Å². The molecule has 16 heavy (non-hydrogen) atoms. The van der Waals surface area contributed by atoms with Crippen LogP contribution in [-0.2, 0) is 4.79 Å². The lowest BCUT2D eigenvalue weighted by Crippen LogP contribution is -2.44. The van der Waals surface area contributed by atoms with E-state index in [1.807, 2.05) is 11.4 Å². The molecule has 5 nitrogen and oxygen atoms in total. The second-order valence-corrected chi connectivity index (χ2v) is 5.46. The number of halogens is 1. The number of piperidine rings is 1. The Bertz CT molecular complexity index is 434. The van der Waals surface area contributed by atoms with Gasteiger partial charge in [-0.2, -0.15) is 0 Å². The highest BCUT2D eigenvalue weighted by Gasteiger charge is 2.38. The normalized spacial score (nSPS) is 25.2. The van der Waals surface area contributed by atoms with Crippen LogP contribution in [0.4, 0.5) is 0 Å². The van der Waals surface area contributed by atoms with Gasteiger partial charge in [0.1, 0.15) is 6.04 Å². The highest BCUT2D eigenvalue weighted by molar-refractivity contribution is 9.10. The molecule has 2 atom stereocenters. The van der Waals surface area contributed by atoms with Crippen molar-refractivity contribution < 1.29 is 9.72 Å². The SMILES string of the molecule is O=C1CCC([N+](=O)[O-])C(c2cc(Br)cs2)N1. The van der Waals surface area contributed by atoms with E-state index in [2.05, 4.69) is 21.2 Å². The second-order valence-electron chi connectivity index (χ2n) is 3.60. The highest BCUT2D eigenvalue weighted by Crippen LogP contribution is 2.32. The fourth-order valence-corrected chi connectivity index (χ4v) is 3.32. The summed E-state index contributed by atoms with van der Waals surface area (Å²) in [6.07, 6.45) is 0.535. The van der Waals surface area contributed by atoms with Gasteiger partial charge in [-0.15, -0.1) is 11.3 Å². The molecule has 1 amide bonds. The van der Waals surface area contributed by atoms with Crippen molar-refractivity contribution in [1.82, 2.24) is 5.32 Å². The van der Waals surface area contributed by atoms with Crippen molar-refractivity contribution >= 4 is 33.2 Å². The quantitative estimate of drug-likeness (QED) is 0.672. The van der Waals surface area contributed by atoms with Gasteiger partial charge in [0.15, 0.2) is 0 Å². The van der Waals surface area contributed by atoms with E-state index in [-0.39, 0.29) is 17.3 Å². The molecule has 0 spiro atoms. The zero-order valence-electron chi connectivity index (χ0n) is 8.18. The van der Waals surface area contributed by atoms with Gasteiger partial charge in [-0.05, 0) is 22.0 Å². The molecule has 2 unspecified atom stereocenters. The Kier molecular flexibility index (Phi) is 3.25. The van der Waals surface area contributed by atoms with Crippen molar-refractivity contribution in [2.75, 3.05) is 0 Å². The standard InChI is InChI=1S/C9H9BrN2O3S/c10-5-3-7(16-4-5)9-6(12(14)15)1-2-8(13)11-9/h3-4,6,9H,1-2H2,(H,11,13). The fraction of sp³-hybridized carbons (Fsp3) is 0.444. The van der Waals surface area contributed by atoms with E-state index in [1.165, 1.54) is 11.3 Å². The van der Waals surface area contributed by atoms with Gasteiger partial charge in [-0.3, -0.25) is 14.9 Å². The number of carbonyl (C=O) groups is 1. The predicted molar refractivity (Wildman–Crippen MR) is 62.9 cm³/mol. The minimum absolute atomic E-state index is 0.118. The summed E-state index contributed by atoms with van der Waals surface area (Å²) < 4.78 is 0.884. The smallest absolute Gasteiger partial charge is 0.238 e. The van der Waals surface area contributed by atoms with Crippen LogP contribution in [-0.4, -0.2) is 16.9 Å². The Morgan fingerprint density at radius 2 is 2.38 bits per heavy atom. The van der Waals surface area contributed by atoms with Crippen LogP contribution in [0.3, 0.4) is 0 Å². The van der Waals surface area contributed by atoms with E-state index in [0.29, 0.717) is 6.42 Å². The third-order valence-corrected chi connectivity index (χ3v) is 4.31. The number of nitrogens with zero attached hydrogens (tertiary/aromatic N) is 1. The molecule has 0 saturated carbocycles. The van der Waals surface area contributed by atoms with E-state index in [0.717, 1.165) is 9.35 Å². The lowest BCUT2D eigenvalue weighted by Gasteiger charge is -2.25. The van der Waals surface area contributed by atoms with Gasteiger partial charge in [-0.1, -0.05) is 0 Å². The number of hydrogen-bond acceptors (Lipinski definition) is 4. The molecular weight excluding hydrogens is 296 g/mol. The van der Waals surface area contributed by atoms with Crippen molar-refractivity contribution in [3.63, 3.8) is 0 Å². The van der Waals surface area contributed by atoms with Crippen molar-refractivity contribution in [2.24, 2.45) is 0 Å². The van der Waals surface area contributed by atoms with Crippen LogP contribution >= 0.6 is 27.3 Å². The maximum absolute atomic E-state index is 11.3. The van der Waals surface area contributed by atoms with Crippen LogP contribution in [0.5, 0.6) is 0 Å². The molecule has 0 bridgehead atoms. The first-order valence-electron chi connectivity index (χ1n) is 4.74. The fourth-order valence-electron chi connectivity index (χ4n) is 1.77. The van der Waals surface area contributed by atoms with Gasteiger partial charge < -0.3 is 5.32 Å². The first kappa shape index (κ1) is 11.5. The summed E-state index contributed by atoms with van der Waals surface area (Å²) in [7, 11) is 0. The molecule has 0 aliphatic carbocycles. The summed E-state index contributed by atoms with van der Waals surface area (Å²) in [6, 6.07) is 0.605. The zero-order chi connectivity index (χ0) is 11.7. The lowest BCUT2D eigenvalue weighted by atomic mass is 9.97. The van der Waals surface area contributed by atoms with Gasteiger partial charge in [-0.25, -0.2) is 0 Å². The molecule has 1 aromatic heterocycles. The van der Waals surface area contributed by atoms with Crippen LogP contribution in [0, 0.1) is 10.1 Å². The van der Waals surface area contributed by atoms with Crippen LogP contribution in [0.2, 0.25) is 0 Å². The Labute approximate surface area is 104 Å². The Hall–Kier alpha value is -0.950. The van der Waals surface area contributed by atoms with Crippen molar-refractivity contribution in [3.05, 3.63) is 30.9 Å². The molecule has 2 heterocycles. The zero-order valence-corrected chi connectivity index (χ0v) is 10.6. The van der Waals surface area contributed by atoms with E-state index in [9.17, 15) is 14.9 Å². The number of rotatable bonds is 2. The topological polar surface area (TPSA) is 72.2 Å². The monoisotopic (exact) mass is 304 g/mol. The van der Waals surface area contributed by atoms with Gasteiger partial charge in [0, 0.05) is 32.5 Å². The minimum atomic E-state index is -0.719. The van der Waals surface area contributed by atoms with E-state index < -0.39 is 12.1 Å². The molecule has 2 rings (SSSR count). The number of nitrogens with one attached hydrogen (secondary N) is 1. The molecular formula is C9H9BrN2O3S. The molecule has 1 aliphatic rings. The summed E-state index contributed by atoms with van der Waals surface area (Å²) in [6.45, 7) is 0. The van der Waals surface area contributed by atoms with Gasteiger partial charge in [0.05, 0.1) is 0 Å². The maximum Gasteiger partial charge on any atom is 0.238 e. The van der Waals surface area contributed by atoms with E-state index in [1.54, 1.807) is 0 Å². The predicted octanol–water partition coefficient (Wildman–Crippen LogP) is 2.11. The Morgan fingerprint density at radius 3 is 2.94 bits per heavy atom. The number of thiophene rings is 1. The summed E-state index contributed by atoms with van der Waals surface area (Å²) in [5.41, 5.74) is 0. The first-order valence-corrected chi connectivity index (χ1v) is 6.42. The first-order chi connectivity index (χ1) is 7.58. The number of hydrogen-bond donors (Lipinski definition) is 1. The molecule has 1 aliphatic heterocycles. The Balaban J connectivity index is 2.27. The minimum Gasteiger partial charge on any atom is -0.342 e. The van der Waals surface area contributed by atoms with Crippen molar-refractivity contribution in [3.8, 4) is 0 Å². The van der Waals surface area contributed by atoms with Crippen LogP contribution < -0.4 is 5.32 Å². The average Bonchev–Trinajstić information content (AvgIpc) is 2.64. The van der Waals surface area contributed by atoms with Gasteiger partial charge in [0.25, 0.3) is 0 Å². The third kappa shape index (κ3) is 2.25. The summed E-state index contributed by atoms with van der Waals surface area (Å²) in [4.78, 5) is 22.7. The van der Waals surface area contributed by atoms with Gasteiger partial charge in [0.2, 0.25) is 11.9 Å². The van der Waals surface area contributed by atoms with Crippen LogP contribution in [0.15, 0.2) is 15.9 Å². The van der Waals surface area contributed by atoms with Crippen LogP contribution in [0.1, 0.15) is 23.8 Å². The summed E-state index contributed by atoms with van der Waals surface area (Å²) in [5.74, 6) is -0.118. The summed E-state index contributed by atoms with van der Waals surface area (Å²) >= 11 is 4.71. The number of nitro groups is 1. The molecule has 1 saturated heterocycles. The van der Waals surface area contributed by atoms with Crippen molar-refractivity contribution in [1.29, 1.82) is 0 Å². The molecule has 86 valence electrons. The number of amides is 1. The highest BCUT2D eigenvalue weighted by atomic mass is 79.9. The summed E-state index contributed by atoms with van der Waals surface area (Å²) in [5, 5.41) is 15.4. The second kappa shape index (κ2) is 4.50. The molecule has 1 N–H and O–H groups in total. The Morgan fingerprint density at radius 1 is 1.62 bits per heavy atom. The van der Waals surface area contributed by atoms with E-state index >= 15 is 0 Å². The molecule has 1 aromatic rings. The largest absolute Gasteiger partial charge is 0.342 e. The maximum atomic E-state index is 11.3. The molecule has 7 heteroatoms. The average molecular weight is 305 g/mol. The van der Waals surface area contributed by atoms with Crippen molar-refractivity contribution in [2.45, 2.75) is 24.9 Å². The lowest BCUT2D eigenvalue weighted by molar-refractivity contribution is -0.529. The van der Waals surface area contributed by atoms with Crippen LogP contribution in [0.25, 0.3) is 0 Å².